The molecule has 0 aliphatic rings. The highest BCUT2D eigenvalue weighted by molar-refractivity contribution is 8.34. The third kappa shape index (κ3) is 3.10. The molecule has 33 heavy (non-hydrogen) atoms. The predicted molar refractivity (Wildman–Crippen MR) is 138 cm³/mol. The van der Waals surface area contributed by atoms with Gasteiger partial charge in [-0.2, -0.15) is 0 Å². The topological polar surface area (TPSA) is 13.1 Å². The molecule has 1 heterocycles. The average molecular weight is 445 g/mol. The molecule has 0 unspecified atom stereocenters. The molecule has 0 radical (unpaired) electrons. The second-order valence-electron chi connectivity index (χ2n) is 8.29. The summed E-state index contributed by atoms with van der Waals surface area (Å²) in [4.78, 5) is 5.15. The maximum Gasteiger partial charge on any atom is 0.148 e. The lowest BCUT2D eigenvalue weighted by atomic mass is 10.1. The van der Waals surface area contributed by atoms with Crippen molar-refractivity contribution < 1.29 is 4.42 Å². The van der Waals surface area contributed by atoms with Gasteiger partial charge in [-0.3, -0.25) is 0 Å². The van der Waals surface area contributed by atoms with E-state index < -0.39 is 10.0 Å². The van der Waals surface area contributed by atoms with Crippen molar-refractivity contribution >= 4 is 32.0 Å². The van der Waals surface area contributed by atoms with Gasteiger partial charge < -0.3 is 4.42 Å². The molecule has 0 fully saturated rings. The molecule has 0 amide bonds. The number of furan rings is 1. The van der Waals surface area contributed by atoms with Crippen LogP contribution in [0.5, 0.6) is 0 Å². The van der Waals surface area contributed by atoms with Crippen LogP contribution < -0.4 is 0 Å². The van der Waals surface area contributed by atoms with Gasteiger partial charge in [0.25, 0.3) is 0 Å². The maximum atomic E-state index is 6.61. The number of rotatable bonds is 4. The summed E-state index contributed by atoms with van der Waals surface area (Å²) in [5, 5.41) is 2.33. The van der Waals surface area contributed by atoms with Gasteiger partial charge >= 0.3 is 0 Å². The Balaban J connectivity index is 1.83. The van der Waals surface area contributed by atoms with Gasteiger partial charge in [-0.15, -0.1) is 10.0 Å². The van der Waals surface area contributed by atoms with E-state index in [-0.39, 0.29) is 0 Å². The SMILES string of the molecule is Cc1cccc(S(c2ccccc2)(c2ccccc2)c2cccc3c2oc2ccccc23)c1. The molecule has 2 heteroatoms. The van der Waals surface area contributed by atoms with E-state index in [1.807, 2.05) is 6.07 Å². The Labute approximate surface area is 195 Å². The van der Waals surface area contributed by atoms with Crippen LogP contribution in [-0.2, 0) is 0 Å². The van der Waals surface area contributed by atoms with Crippen molar-refractivity contribution in [2.45, 2.75) is 26.5 Å². The third-order valence-electron chi connectivity index (χ3n) is 6.23. The summed E-state index contributed by atoms with van der Waals surface area (Å²) in [6, 6.07) is 45.8. The summed E-state index contributed by atoms with van der Waals surface area (Å²) in [5.41, 5.74) is 3.16. The molecule has 6 aromatic rings. The summed E-state index contributed by atoms with van der Waals surface area (Å²) >= 11 is 0. The van der Waals surface area contributed by atoms with Gasteiger partial charge in [-0.05, 0) is 55.5 Å². The fourth-order valence-electron chi connectivity index (χ4n) is 4.81. The van der Waals surface area contributed by atoms with Crippen LogP contribution in [0.1, 0.15) is 5.56 Å². The summed E-state index contributed by atoms with van der Waals surface area (Å²) in [6.45, 7) is 2.17. The van der Waals surface area contributed by atoms with Gasteiger partial charge in [0.05, 0.1) is 0 Å². The number of para-hydroxylation sites is 2. The first-order chi connectivity index (χ1) is 16.3. The van der Waals surface area contributed by atoms with E-state index in [0.29, 0.717) is 0 Å². The number of benzene rings is 5. The van der Waals surface area contributed by atoms with Gasteiger partial charge in [0.15, 0.2) is 0 Å². The second kappa shape index (κ2) is 7.99. The minimum absolute atomic E-state index is 0.929. The minimum atomic E-state index is -1.80. The molecular formula is C31H24OS. The van der Waals surface area contributed by atoms with E-state index in [1.54, 1.807) is 0 Å². The summed E-state index contributed by atoms with van der Waals surface area (Å²) in [5.74, 6) is 0. The van der Waals surface area contributed by atoms with Gasteiger partial charge in [0.2, 0.25) is 0 Å². The molecule has 160 valence electrons. The molecule has 0 saturated carbocycles. The van der Waals surface area contributed by atoms with Gasteiger partial charge in [-0.1, -0.05) is 84.4 Å². The number of hydrogen-bond donors (Lipinski definition) is 0. The Morgan fingerprint density at radius 2 is 1.09 bits per heavy atom. The summed E-state index contributed by atoms with van der Waals surface area (Å²) in [6.07, 6.45) is 0. The lowest BCUT2D eigenvalue weighted by Crippen LogP contribution is -2.05. The van der Waals surface area contributed by atoms with Crippen LogP contribution in [0.3, 0.4) is 0 Å². The van der Waals surface area contributed by atoms with Crippen molar-refractivity contribution in [1.82, 2.24) is 0 Å². The largest absolute Gasteiger partial charge is 0.455 e. The van der Waals surface area contributed by atoms with E-state index in [2.05, 4.69) is 128 Å². The predicted octanol–water partition coefficient (Wildman–Crippen LogP) is 9.24. The molecule has 0 aliphatic heterocycles. The Hall–Kier alpha value is -3.75. The molecule has 0 atom stereocenters. The summed E-state index contributed by atoms with van der Waals surface area (Å²) in [7, 11) is -1.80. The Morgan fingerprint density at radius 1 is 0.515 bits per heavy atom. The molecule has 1 aromatic heterocycles. The molecule has 0 spiro atoms. The van der Waals surface area contributed by atoms with Crippen LogP contribution >= 0.6 is 10.0 Å². The molecular weight excluding hydrogens is 420 g/mol. The highest BCUT2D eigenvalue weighted by atomic mass is 32.3. The monoisotopic (exact) mass is 444 g/mol. The smallest absolute Gasteiger partial charge is 0.148 e. The van der Waals surface area contributed by atoms with Gasteiger partial charge in [-0.25, -0.2) is 0 Å². The second-order valence-corrected chi connectivity index (χ2v) is 11.4. The Morgan fingerprint density at radius 3 is 1.79 bits per heavy atom. The van der Waals surface area contributed by atoms with Crippen LogP contribution in [0.2, 0.25) is 0 Å². The maximum absolute atomic E-state index is 6.61. The normalized spacial score (nSPS) is 12.3. The van der Waals surface area contributed by atoms with E-state index in [1.165, 1.54) is 30.5 Å². The highest BCUT2D eigenvalue weighted by Crippen LogP contribution is 2.74. The molecule has 5 aromatic carbocycles. The standard InChI is InChI=1S/C31H24OS/c1-23-12-10-17-26(22-23)33(24-13-4-2-5-14-24,25-15-6-3-7-16-25)30-21-11-19-28-27-18-8-9-20-29(27)32-31(28)30/h2-22H,1H3. The number of aryl methyl sites for hydroxylation is 1. The summed E-state index contributed by atoms with van der Waals surface area (Å²) < 4.78 is 6.61. The number of hydrogen-bond acceptors (Lipinski definition) is 1. The fraction of sp³-hybridized carbons (Fsp3) is 0.0323. The van der Waals surface area contributed by atoms with Crippen LogP contribution in [0, 0.1) is 6.92 Å². The number of fused-ring (bicyclic) bond motifs is 3. The van der Waals surface area contributed by atoms with Crippen molar-refractivity contribution in [3.05, 3.63) is 133 Å². The molecule has 1 nitrogen and oxygen atoms in total. The molecule has 0 bridgehead atoms. The van der Waals surface area contributed by atoms with Crippen molar-refractivity contribution in [3.63, 3.8) is 0 Å². The molecule has 0 saturated heterocycles. The lowest BCUT2D eigenvalue weighted by molar-refractivity contribution is 0.659. The molecule has 0 aliphatic carbocycles. The van der Waals surface area contributed by atoms with Crippen LogP contribution in [-0.4, -0.2) is 0 Å². The minimum Gasteiger partial charge on any atom is -0.455 e. The van der Waals surface area contributed by atoms with Crippen molar-refractivity contribution in [2.24, 2.45) is 0 Å². The quantitative estimate of drug-likeness (QED) is 0.264. The van der Waals surface area contributed by atoms with Crippen LogP contribution in [0.4, 0.5) is 0 Å². The lowest BCUT2D eigenvalue weighted by Gasteiger charge is -2.42. The zero-order chi connectivity index (χ0) is 22.3. The zero-order valence-corrected chi connectivity index (χ0v) is 19.3. The zero-order valence-electron chi connectivity index (χ0n) is 18.4. The average Bonchev–Trinajstić information content (AvgIpc) is 3.26. The Kier molecular flexibility index (Phi) is 4.82. The first-order valence-corrected chi connectivity index (χ1v) is 12.8. The fourth-order valence-corrected chi connectivity index (χ4v) is 8.87. The van der Waals surface area contributed by atoms with Gasteiger partial charge in [0, 0.05) is 30.4 Å². The van der Waals surface area contributed by atoms with Crippen molar-refractivity contribution in [3.8, 4) is 0 Å². The van der Waals surface area contributed by atoms with E-state index in [0.717, 1.165) is 16.6 Å². The molecule has 0 N–H and O–H groups in total. The first-order valence-electron chi connectivity index (χ1n) is 11.2. The Bertz CT molecular complexity index is 1530. The van der Waals surface area contributed by atoms with E-state index in [4.69, 9.17) is 4.42 Å². The van der Waals surface area contributed by atoms with E-state index >= 15 is 0 Å². The van der Waals surface area contributed by atoms with Crippen LogP contribution in [0.25, 0.3) is 21.9 Å². The van der Waals surface area contributed by atoms with E-state index in [9.17, 15) is 0 Å². The van der Waals surface area contributed by atoms with Crippen molar-refractivity contribution in [2.75, 3.05) is 0 Å². The first kappa shape index (κ1) is 19.9. The molecule has 6 rings (SSSR count). The van der Waals surface area contributed by atoms with Gasteiger partial charge in [0.1, 0.15) is 11.2 Å². The highest BCUT2D eigenvalue weighted by Gasteiger charge is 2.36. The van der Waals surface area contributed by atoms with Crippen molar-refractivity contribution in [1.29, 1.82) is 0 Å². The third-order valence-corrected chi connectivity index (χ3v) is 10.1. The van der Waals surface area contributed by atoms with Crippen LogP contribution in [0.15, 0.2) is 151 Å².